The van der Waals surface area contributed by atoms with Crippen LogP contribution >= 0.6 is 0 Å². The van der Waals surface area contributed by atoms with Gasteiger partial charge >= 0.3 is 0 Å². The summed E-state index contributed by atoms with van der Waals surface area (Å²) in [6, 6.07) is 8.55. The molecule has 1 atom stereocenters. The lowest BCUT2D eigenvalue weighted by molar-refractivity contribution is 0.0685. The molecule has 1 aliphatic carbocycles. The molecule has 5 nitrogen and oxygen atoms in total. The minimum atomic E-state index is -0.342. The summed E-state index contributed by atoms with van der Waals surface area (Å²) < 4.78 is 16.2. The summed E-state index contributed by atoms with van der Waals surface area (Å²) in [6.45, 7) is 5.79. The summed E-state index contributed by atoms with van der Waals surface area (Å²) in [4.78, 5) is 20.4. The first kappa shape index (κ1) is 19.2. The van der Waals surface area contributed by atoms with Crippen LogP contribution in [0, 0.1) is 11.7 Å². The third-order valence-corrected chi connectivity index (χ3v) is 6.30. The molecule has 3 aromatic rings. The Kier molecular flexibility index (Phi) is 4.80. The van der Waals surface area contributed by atoms with Gasteiger partial charge in [-0.3, -0.25) is 4.79 Å². The molecule has 1 aromatic carbocycles. The Morgan fingerprint density at radius 2 is 2.03 bits per heavy atom. The molecule has 2 fully saturated rings. The molecule has 5 rings (SSSR count). The highest BCUT2D eigenvalue weighted by atomic mass is 19.1. The van der Waals surface area contributed by atoms with Gasteiger partial charge in [-0.1, -0.05) is 26.0 Å². The maximum absolute atomic E-state index is 14.6. The molecule has 1 saturated carbocycles. The molecule has 0 unspecified atom stereocenters. The number of hydrogen-bond donors (Lipinski definition) is 0. The minimum Gasteiger partial charge on any atom is -0.338 e. The lowest BCUT2D eigenvalue weighted by atomic mass is 9.98. The fourth-order valence-corrected chi connectivity index (χ4v) is 4.52. The molecule has 6 heteroatoms. The monoisotopic (exact) mass is 406 g/mol. The third kappa shape index (κ3) is 3.28. The number of halogens is 1. The minimum absolute atomic E-state index is 0.0543. The molecule has 30 heavy (non-hydrogen) atoms. The standard InChI is InChI=1S/C24H27FN4O/c1-3-17-13-18(24(30)28-12-6-7-15(2)14-28)21-22(16-10-11-16)27-29(23(21)26-17)20-9-5-4-8-19(20)25/h4-5,8-9,13,15-16H,3,6-7,10-12,14H2,1-2H3/t15-/m1/s1. The van der Waals surface area contributed by atoms with E-state index in [9.17, 15) is 9.18 Å². The zero-order valence-corrected chi connectivity index (χ0v) is 17.6. The van der Waals surface area contributed by atoms with Crippen LogP contribution in [0.15, 0.2) is 30.3 Å². The molecule has 156 valence electrons. The van der Waals surface area contributed by atoms with Crippen molar-refractivity contribution < 1.29 is 9.18 Å². The molecule has 0 N–H and O–H groups in total. The normalized spacial score (nSPS) is 19.4. The number of nitrogens with zero attached hydrogens (tertiary/aromatic N) is 4. The van der Waals surface area contributed by atoms with Gasteiger partial charge < -0.3 is 4.90 Å². The Morgan fingerprint density at radius 1 is 1.23 bits per heavy atom. The zero-order chi connectivity index (χ0) is 20.8. The molecule has 0 bridgehead atoms. The maximum Gasteiger partial charge on any atom is 0.254 e. The molecule has 0 spiro atoms. The molecule has 2 aliphatic rings. The average molecular weight is 407 g/mol. The summed E-state index contributed by atoms with van der Waals surface area (Å²) in [5.41, 5.74) is 3.36. The summed E-state index contributed by atoms with van der Waals surface area (Å²) in [5.74, 6) is 0.542. The Bertz CT molecular complexity index is 1120. The second-order valence-corrected chi connectivity index (χ2v) is 8.73. The first-order valence-corrected chi connectivity index (χ1v) is 11.0. The number of pyridine rings is 1. The predicted molar refractivity (Wildman–Crippen MR) is 114 cm³/mol. The van der Waals surface area contributed by atoms with Crippen LogP contribution in [0.25, 0.3) is 16.7 Å². The van der Waals surface area contributed by atoms with Gasteiger partial charge in [-0.05, 0) is 56.2 Å². The van der Waals surface area contributed by atoms with E-state index in [0.29, 0.717) is 35.2 Å². The van der Waals surface area contributed by atoms with Crippen molar-refractivity contribution >= 4 is 16.9 Å². The molecular weight excluding hydrogens is 379 g/mol. The number of carbonyl (C=O) groups excluding carboxylic acids is 1. The number of benzene rings is 1. The van der Waals surface area contributed by atoms with Crippen LogP contribution in [-0.2, 0) is 6.42 Å². The number of para-hydroxylation sites is 1. The number of hydrogen-bond acceptors (Lipinski definition) is 3. The summed E-state index contributed by atoms with van der Waals surface area (Å²) in [7, 11) is 0. The second kappa shape index (κ2) is 7.49. The average Bonchev–Trinajstić information content (AvgIpc) is 3.53. The van der Waals surface area contributed by atoms with E-state index in [-0.39, 0.29) is 11.7 Å². The van der Waals surface area contributed by atoms with Gasteiger partial charge in [0.05, 0.1) is 16.6 Å². The lowest BCUT2D eigenvalue weighted by Crippen LogP contribution is -2.39. The summed E-state index contributed by atoms with van der Waals surface area (Å²) in [6.07, 6.45) is 4.99. The van der Waals surface area contributed by atoms with Crippen molar-refractivity contribution in [1.29, 1.82) is 0 Å². The number of piperidine rings is 1. The van der Waals surface area contributed by atoms with E-state index < -0.39 is 0 Å². The van der Waals surface area contributed by atoms with Crippen LogP contribution in [0.4, 0.5) is 4.39 Å². The van der Waals surface area contributed by atoms with E-state index in [1.165, 1.54) is 6.07 Å². The van der Waals surface area contributed by atoms with E-state index >= 15 is 0 Å². The molecule has 1 saturated heterocycles. The van der Waals surface area contributed by atoms with Gasteiger partial charge in [-0.25, -0.2) is 14.1 Å². The Morgan fingerprint density at radius 3 is 2.73 bits per heavy atom. The molecule has 0 radical (unpaired) electrons. The number of carbonyl (C=O) groups is 1. The van der Waals surface area contributed by atoms with Gasteiger partial charge in [0, 0.05) is 24.7 Å². The quantitative estimate of drug-likeness (QED) is 0.621. The predicted octanol–water partition coefficient (Wildman–Crippen LogP) is 4.87. The van der Waals surface area contributed by atoms with Crippen LogP contribution in [0.1, 0.15) is 67.2 Å². The third-order valence-electron chi connectivity index (χ3n) is 6.30. The zero-order valence-electron chi connectivity index (χ0n) is 17.6. The van der Waals surface area contributed by atoms with E-state index in [4.69, 9.17) is 10.1 Å². The van der Waals surface area contributed by atoms with E-state index in [1.54, 1.807) is 22.9 Å². The number of amides is 1. The van der Waals surface area contributed by atoms with E-state index in [0.717, 1.165) is 55.5 Å². The first-order valence-electron chi connectivity index (χ1n) is 11.0. The first-order chi connectivity index (χ1) is 14.6. The van der Waals surface area contributed by atoms with Crippen molar-refractivity contribution in [2.24, 2.45) is 5.92 Å². The molecular formula is C24H27FN4O. The largest absolute Gasteiger partial charge is 0.338 e. The molecule has 1 amide bonds. The fraction of sp³-hybridized carbons (Fsp3) is 0.458. The molecule has 1 aliphatic heterocycles. The number of likely N-dealkylation sites (tertiary alicyclic amines) is 1. The van der Waals surface area contributed by atoms with Crippen molar-refractivity contribution in [3.63, 3.8) is 0 Å². The Hall–Kier alpha value is -2.76. The smallest absolute Gasteiger partial charge is 0.254 e. The van der Waals surface area contributed by atoms with Gasteiger partial charge in [0.2, 0.25) is 0 Å². The van der Waals surface area contributed by atoms with Crippen LogP contribution in [-0.4, -0.2) is 38.7 Å². The maximum atomic E-state index is 14.6. The summed E-state index contributed by atoms with van der Waals surface area (Å²) >= 11 is 0. The number of rotatable bonds is 4. The Balaban J connectivity index is 1.73. The second-order valence-electron chi connectivity index (χ2n) is 8.73. The number of aryl methyl sites for hydroxylation is 1. The van der Waals surface area contributed by atoms with Crippen LogP contribution in [0.3, 0.4) is 0 Å². The Labute approximate surface area is 175 Å². The highest BCUT2D eigenvalue weighted by Crippen LogP contribution is 2.44. The van der Waals surface area contributed by atoms with Crippen molar-refractivity contribution in [1.82, 2.24) is 19.7 Å². The van der Waals surface area contributed by atoms with Crippen molar-refractivity contribution in [3.05, 3.63) is 53.1 Å². The van der Waals surface area contributed by atoms with Crippen molar-refractivity contribution in [3.8, 4) is 5.69 Å². The molecule has 2 aromatic heterocycles. The number of aromatic nitrogens is 3. The highest BCUT2D eigenvalue weighted by Gasteiger charge is 2.34. The molecule has 3 heterocycles. The van der Waals surface area contributed by atoms with Gasteiger partial charge in [-0.15, -0.1) is 0 Å². The van der Waals surface area contributed by atoms with Gasteiger partial charge in [-0.2, -0.15) is 5.10 Å². The van der Waals surface area contributed by atoms with Crippen molar-refractivity contribution in [2.45, 2.75) is 51.9 Å². The van der Waals surface area contributed by atoms with Gasteiger partial charge in [0.1, 0.15) is 11.5 Å². The van der Waals surface area contributed by atoms with Crippen molar-refractivity contribution in [2.75, 3.05) is 13.1 Å². The van der Waals surface area contributed by atoms with E-state index in [1.807, 2.05) is 17.9 Å². The van der Waals surface area contributed by atoms with Crippen LogP contribution in [0.2, 0.25) is 0 Å². The SMILES string of the molecule is CCc1cc(C(=O)N2CCC[C@@H](C)C2)c2c(C3CC3)nn(-c3ccccc3F)c2n1. The number of fused-ring (bicyclic) bond motifs is 1. The topological polar surface area (TPSA) is 51.0 Å². The van der Waals surface area contributed by atoms with Crippen LogP contribution < -0.4 is 0 Å². The van der Waals surface area contributed by atoms with E-state index in [2.05, 4.69) is 6.92 Å². The van der Waals surface area contributed by atoms with Gasteiger partial charge in [0.25, 0.3) is 5.91 Å². The lowest BCUT2D eigenvalue weighted by Gasteiger charge is -2.31. The van der Waals surface area contributed by atoms with Gasteiger partial charge in [0.15, 0.2) is 5.65 Å². The highest BCUT2D eigenvalue weighted by molar-refractivity contribution is 6.07. The fourth-order valence-electron chi connectivity index (χ4n) is 4.52. The van der Waals surface area contributed by atoms with Crippen LogP contribution in [0.5, 0.6) is 0 Å². The summed E-state index contributed by atoms with van der Waals surface area (Å²) in [5, 5.41) is 5.61.